The maximum Gasteiger partial charge on any atom is 0.407 e. The van der Waals surface area contributed by atoms with Crippen molar-refractivity contribution in [3.05, 3.63) is 65.6 Å². The highest BCUT2D eigenvalue weighted by Gasteiger charge is 2.25. The van der Waals surface area contributed by atoms with Crippen LogP contribution in [0, 0.1) is 11.3 Å². The number of carbonyl (C=O) groups is 2. The minimum Gasteiger partial charge on any atom is -0.491 e. The molecular formula is C29H34N2O6. The van der Waals surface area contributed by atoms with Crippen molar-refractivity contribution in [3.63, 3.8) is 0 Å². The number of carbonyl (C=O) groups excluding carboxylic acids is 2. The number of nitrogens with one attached hydrogen (secondary N) is 1. The Balaban J connectivity index is 1.70. The molecule has 0 aliphatic heterocycles. The summed E-state index contributed by atoms with van der Waals surface area (Å²) in [5.74, 6) is 0.346. The van der Waals surface area contributed by atoms with Crippen LogP contribution in [0.5, 0.6) is 5.75 Å². The summed E-state index contributed by atoms with van der Waals surface area (Å²) in [6, 6.07) is 14.5. The number of hydrogen-bond donors (Lipinski definition) is 1. The van der Waals surface area contributed by atoms with Gasteiger partial charge in [0.15, 0.2) is 0 Å². The fourth-order valence-corrected chi connectivity index (χ4v) is 3.83. The van der Waals surface area contributed by atoms with Crippen molar-refractivity contribution >= 4 is 22.8 Å². The predicted molar refractivity (Wildman–Crippen MR) is 139 cm³/mol. The lowest BCUT2D eigenvalue weighted by Crippen LogP contribution is -2.41. The standard InChI is InChI=1S/C29H34N2O6/c1-6-22(31-28(33)37-29(3,4)5)18-35-23-11-9-20(10-12-23)25(27(32)34-7-2)15-26-24-13-8-19(16-30)14-21(24)17-36-26/h8-14,17,22,25H,6-7,15,18H2,1-5H3,(H,31,33)/t22-,25?/m1/s1. The highest BCUT2D eigenvalue weighted by atomic mass is 16.6. The first-order chi connectivity index (χ1) is 17.6. The number of esters is 1. The van der Waals surface area contributed by atoms with Gasteiger partial charge in [-0.2, -0.15) is 5.26 Å². The Hall–Kier alpha value is -3.99. The Labute approximate surface area is 217 Å². The second kappa shape index (κ2) is 12.3. The normalized spacial score (nSPS) is 12.9. The molecule has 0 fully saturated rings. The molecule has 0 aliphatic rings. The lowest BCUT2D eigenvalue weighted by atomic mass is 9.93. The molecule has 1 N–H and O–H groups in total. The Kier molecular flexibility index (Phi) is 9.18. The largest absolute Gasteiger partial charge is 0.491 e. The highest BCUT2D eigenvalue weighted by Crippen LogP contribution is 2.30. The van der Waals surface area contributed by atoms with Crippen molar-refractivity contribution in [2.45, 2.75) is 65.0 Å². The van der Waals surface area contributed by atoms with Crippen LogP contribution in [-0.4, -0.2) is 36.9 Å². The van der Waals surface area contributed by atoms with Gasteiger partial charge in [-0.15, -0.1) is 0 Å². The van der Waals surface area contributed by atoms with Crippen molar-refractivity contribution in [3.8, 4) is 11.8 Å². The summed E-state index contributed by atoms with van der Waals surface area (Å²) in [6.45, 7) is 9.71. The van der Waals surface area contributed by atoms with Crippen LogP contribution in [0.25, 0.3) is 10.8 Å². The molecule has 2 atom stereocenters. The molecule has 1 aromatic heterocycles. The van der Waals surface area contributed by atoms with E-state index >= 15 is 0 Å². The molecule has 3 rings (SSSR count). The molecule has 0 bridgehead atoms. The van der Waals surface area contributed by atoms with Crippen molar-refractivity contribution in [1.82, 2.24) is 5.32 Å². The van der Waals surface area contributed by atoms with Gasteiger partial charge in [-0.3, -0.25) is 4.79 Å². The van der Waals surface area contributed by atoms with Crippen molar-refractivity contribution in [2.75, 3.05) is 13.2 Å². The third-order valence-corrected chi connectivity index (χ3v) is 5.72. The Morgan fingerprint density at radius 3 is 2.46 bits per heavy atom. The van der Waals surface area contributed by atoms with Crippen LogP contribution in [0.2, 0.25) is 0 Å². The molecule has 8 heteroatoms. The zero-order valence-electron chi connectivity index (χ0n) is 22.0. The smallest absolute Gasteiger partial charge is 0.407 e. The van der Waals surface area contributed by atoms with Gasteiger partial charge in [0.25, 0.3) is 0 Å². The summed E-state index contributed by atoms with van der Waals surface area (Å²) in [7, 11) is 0. The first kappa shape index (κ1) is 27.6. The van der Waals surface area contributed by atoms with Crippen LogP contribution in [-0.2, 0) is 20.7 Å². The molecule has 0 spiro atoms. The average Bonchev–Trinajstić information content (AvgIpc) is 3.26. The number of nitriles is 1. The SMILES string of the molecule is CCOC(=O)C(Cc1occ2cc(C#N)ccc12)c1ccc(OC[C@@H](CC)NC(=O)OC(C)(C)C)cc1. The van der Waals surface area contributed by atoms with E-state index in [1.165, 1.54) is 0 Å². The number of benzene rings is 2. The molecule has 1 unspecified atom stereocenters. The van der Waals surface area contributed by atoms with Gasteiger partial charge in [-0.25, -0.2) is 4.79 Å². The van der Waals surface area contributed by atoms with Crippen LogP contribution in [0.1, 0.15) is 63.8 Å². The summed E-state index contributed by atoms with van der Waals surface area (Å²) < 4.78 is 22.3. The fourth-order valence-electron chi connectivity index (χ4n) is 3.83. The van der Waals surface area contributed by atoms with Crippen LogP contribution >= 0.6 is 0 Å². The van der Waals surface area contributed by atoms with Crippen LogP contribution in [0.15, 0.2) is 53.1 Å². The number of rotatable bonds is 10. The number of nitrogens with zero attached hydrogens (tertiary/aromatic N) is 1. The zero-order chi connectivity index (χ0) is 27.0. The monoisotopic (exact) mass is 506 g/mol. The number of fused-ring (bicyclic) bond motifs is 1. The van der Waals surface area contributed by atoms with Crippen LogP contribution in [0.3, 0.4) is 0 Å². The third kappa shape index (κ3) is 7.74. The van der Waals surface area contributed by atoms with Gasteiger partial charge in [-0.1, -0.05) is 19.1 Å². The molecule has 1 amide bonds. The predicted octanol–water partition coefficient (Wildman–Crippen LogP) is 5.88. The lowest BCUT2D eigenvalue weighted by molar-refractivity contribution is -0.145. The van der Waals surface area contributed by atoms with E-state index in [0.29, 0.717) is 29.9 Å². The van der Waals surface area contributed by atoms with E-state index in [-0.39, 0.29) is 25.2 Å². The van der Waals surface area contributed by atoms with Gasteiger partial charge in [0, 0.05) is 17.2 Å². The Bertz CT molecular complexity index is 1250. The Morgan fingerprint density at radius 2 is 1.84 bits per heavy atom. The third-order valence-electron chi connectivity index (χ3n) is 5.72. The lowest BCUT2D eigenvalue weighted by Gasteiger charge is -2.23. The zero-order valence-corrected chi connectivity index (χ0v) is 22.0. The van der Waals surface area contributed by atoms with E-state index in [9.17, 15) is 9.59 Å². The highest BCUT2D eigenvalue weighted by molar-refractivity contribution is 5.86. The van der Waals surface area contributed by atoms with Crippen molar-refractivity contribution in [1.29, 1.82) is 5.26 Å². The van der Waals surface area contributed by atoms with Crippen molar-refractivity contribution in [2.24, 2.45) is 0 Å². The maximum absolute atomic E-state index is 12.9. The molecule has 0 saturated heterocycles. The minimum atomic E-state index is -0.573. The number of furan rings is 1. The second-order valence-corrected chi connectivity index (χ2v) is 9.71. The van der Waals surface area contributed by atoms with E-state index in [1.54, 1.807) is 37.5 Å². The van der Waals surface area contributed by atoms with Gasteiger partial charge >= 0.3 is 12.1 Å². The summed E-state index contributed by atoms with van der Waals surface area (Å²) in [4.78, 5) is 24.9. The van der Waals surface area contributed by atoms with Crippen LogP contribution < -0.4 is 10.1 Å². The van der Waals surface area contributed by atoms with Crippen LogP contribution in [0.4, 0.5) is 4.79 Å². The van der Waals surface area contributed by atoms with Gasteiger partial charge in [0.1, 0.15) is 23.7 Å². The molecule has 3 aromatic rings. The minimum absolute atomic E-state index is 0.212. The molecule has 196 valence electrons. The summed E-state index contributed by atoms with van der Waals surface area (Å²) >= 11 is 0. The molecule has 0 radical (unpaired) electrons. The number of hydrogen-bond acceptors (Lipinski definition) is 7. The number of alkyl carbamates (subject to hydrolysis) is 1. The molecule has 0 aliphatic carbocycles. The number of ether oxygens (including phenoxy) is 3. The molecule has 1 heterocycles. The molecule has 2 aromatic carbocycles. The fraction of sp³-hybridized carbons (Fsp3) is 0.414. The summed E-state index contributed by atoms with van der Waals surface area (Å²) in [5, 5.41) is 13.6. The van der Waals surface area contributed by atoms with E-state index in [2.05, 4.69) is 11.4 Å². The van der Waals surface area contributed by atoms with E-state index < -0.39 is 17.6 Å². The summed E-state index contributed by atoms with van der Waals surface area (Å²) in [6.07, 6.45) is 2.10. The molecule has 8 nitrogen and oxygen atoms in total. The first-order valence-corrected chi connectivity index (χ1v) is 12.4. The van der Waals surface area contributed by atoms with Gasteiger partial charge < -0.3 is 23.9 Å². The second-order valence-electron chi connectivity index (χ2n) is 9.71. The average molecular weight is 507 g/mol. The van der Waals surface area contributed by atoms with E-state index in [4.69, 9.17) is 23.9 Å². The Morgan fingerprint density at radius 1 is 1.11 bits per heavy atom. The van der Waals surface area contributed by atoms with Gasteiger partial charge in [-0.05, 0) is 70.0 Å². The van der Waals surface area contributed by atoms with Crippen molar-refractivity contribution < 1.29 is 28.2 Å². The molecule has 37 heavy (non-hydrogen) atoms. The van der Waals surface area contributed by atoms with Gasteiger partial charge in [0.05, 0.1) is 36.5 Å². The summed E-state index contributed by atoms with van der Waals surface area (Å²) in [5.41, 5.74) is 0.739. The number of amides is 1. The molecule has 0 saturated carbocycles. The topological polar surface area (TPSA) is 111 Å². The molecular weight excluding hydrogens is 472 g/mol. The van der Waals surface area contributed by atoms with E-state index in [1.807, 2.05) is 45.9 Å². The maximum atomic E-state index is 12.9. The van der Waals surface area contributed by atoms with Gasteiger partial charge in [0.2, 0.25) is 0 Å². The van der Waals surface area contributed by atoms with E-state index in [0.717, 1.165) is 16.3 Å². The first-order valence-electron chi connectivity index (χ1n) is 12.4. The quantitative estimate of drug-likeness (QED) is 0.342.